The van der Waals surface area contributed by atoms with Crippen LogP contribution in [0, 0.1) is 5.92 Å². The molecule has 0 spiro atoms. The van der Waals surface area contributed by atoms with Gasteiger partial charge in [0.25, 0.3) is 0 Å². The van der Waals surface area contributed by atoms with E-state index in [0.29, 0.717) is 6.54 Å². The molecule has 1 aromatic rings. The van der Waals surface area contributed by atoms with Gasteiger partial charge in [0, 0.05) is 24.1 Å². The zero-order valence-electron chi connectivity index (χ0n) is 10.1. The summed E-state index contributed by atoms with van der Waals surface area (Å²) in [7, 11) is 0. The molecule has 2 fully saturated rings. The molecule has 0 unspecified atom stereocenters. The maximum Gasteiger partial charge on any atom is 0.223 e. The molecule has 5 heteroatoms. The summed E-state index contributed by atoms with van der Waals surface area (Å²) >= 11 is 1.74. The highest BCUT2D eigenvalue weighted by Crippen LogP contribution is 2.47. The third-order valence-electron chi connectivity index (χ3n) is 3.71. The summed E-state index contributed by atoms with van der Waals surface area (Å²) in [4.78, 5) is 11.9. The summed E-state index contributed by atoms with van der Waals surface area (Å²) in [5, 5.41) is 13.0. The maximum absolute atomic E-state index is 11.9. The highest BCUT2D eigenvalue weighted by Gasteiger charge is 2.46. The lowest BCUT2D eigenvalue weighted by atomic mass is 10.0. The number of carbonyl (C=O) groups excluding carboxylic acids is 1. The fourth-order valence-electron chi connectivity index (χ4n) is 2.42. The second-order valence-corrected chi connectivity index (χ2v) is 6.31. The van der Waals surface area contributed by atoms with Crippen LogP contribution in [-0.4, -0.2) is 34.7 Å². The smallest absolute Gasteiger partial charge is 0.223 e. The average molecular weight is 267 g/mol. The minimum Gasteiger partial charge on any atom is -0.469 e. The molecular weight excluding hydrogens is 250 g/mol. The van der Waals surface area contributed by atoms with E-state index in [4.69, 9.17) is 4.42 Å². The Morgan fingerprint density at radius 2 is 2.56 bits per heavy atom. The first kappa shape index (κ1) is 12.1. The van der Waals surface area contributed by atoms with Crippen molar-refractivity contribution in [3.05, 3.63) is 24.2 Å². The number of amides is 1. The van der Waals surface area contributed by atoms with Gasteiger partial charge in [0.1, 0.15) is 5.76 Å². The SMILES string of the molecule is O=C(NC[C@]1(O)CCSC1)[C@@H]1C[C@@H]1c1ccco1. The number of hydrogen-bond acceptors (Lipinski definition) is 4. The van der Waals surface area contributed by atoms with Gasteiger partial charge in [-0.25, -0.2) is 0 Å². The van der Waals surface area contributed by atoms with Gasteiger partial charge in [-0.3, -0.25) is 4.79 Å². The Bertz CT molecular complexity index is 425. The van der Waals surface area contributed by atoms with E-state index < -0.39 is 5.60 Å². The van der Waals surface area contributed by atoms with Crippen molar-refractivity contribution >= 4 is 17.7 Å². The Hall–Kier alpha value is -0.940. The number of nitrogens with one attached hydrogen (secondary N) is 1. The van der Waals surface area contributed by atoms with Crippen molar-refractivity contribution in [2.24, 2.45) is 5.92 Å². The van der Waals surface area contributed by atoms with Crippen molar-refractivity contribution in [1.29, 1.82) is 0 Å². The normalized spacial score (nSPS) is 34.5. The number of carbonyl (C=O) groups is 1. The molecule has 18 heavy (non-hydrogen) atoms. The van der Waals surface area contributed by atoms with Crippen molar-refractivity contribution in [3.8, 4) is 0 Å². The molecule has 1 aliphatic heterocycles. The average Bonchev–Trinajstić information content (AvgIpc) is 2.78. The Morgan fingerprint density at radius 1 is 1.67 bits per heavy atom. The minimum atomic E-state index is -0.699. The number of hydrogen-bond donors (Lipinski definition) is 2. The molecule has 2 aliphatic rings. The van der Waals surface area contributed by atoms with Gasteiger partial charge in [0.15, 0.2) is 0 Å². The van der Waals surface area contributed by atoms with Crippen molar-refractivity contribution in [2.75, 3.05) is 18.1 Å². The molecule has 1 saturated carbocycles. The van der Waals surface area contributed by atoms with Gasteiger partial charge in [0.2, 0.25) is 5.91 Å². The van der Waals surface area contributed by atoms with E-state index in [0.717, 1.165) is 30.1 Å². The minimum absolute atomic E-state index is 0.0220. The van der Waals surface area contributed by atoms with Crippen LogP contribution in [0.25, 0.3) is 0 Å². The highest BCUT2D eigenvalue weighted by atomic mass is 32.2. The van der Waals surface area contributed by atoms with E-state index >= 15 is 0 Å². The van der Waals surface area contributed by atoms with E-state index in [1.54, 1.807) is 18.0 Å². The molecule has 2 heterocycles. The van der Waals surface area contributed by atoms with Crippen LogP contribution < -0.4 is 5.32 Å². The summed E-state index contributed by atoms with van der Waals surface area (Å²) in [6.45, 7) is 0.375. The molecule has 0 radical (unpaired) electrons. The Morgan fingerprint density at radius 3 is 3.22 bits per heavy atom. The fourth-order valence-corrected chi connectivity index (χ4v) is 3.72. The lowest BCUT2D eigenvalue weighted by molar-refractivity contribution is -0.123. The number of furan rings is 1. The van der Waals surface area contributed by atoms with E-state index in [-0.39, 0.29) is 17.7 Å². The molecule has 98 valence electrons. The van der Waals surface area contributed by atoms with Crippen LogP contribution in [-0.2, 0) is 4.79 Å². The van der Waals surface area contributed by atoms with Crippen LogP contribution in [0.1, 0.15) is 24.5 Å². The number of aliphatic hydroxyl groups is 1. The molecule has 3 atom stereocenters. The molecule has 0 bridgehead atoms. The fraction of sp³-hybridized carbons (Fsp3) is 0.615. The van der Waals surface area contributed by atoms with Gasteiger partial charge in [-0.15, -0.1) is 0 Å². The molecule has 1 aliphatic carbocycles. The third-order valence-corrected chi connectivity index (χ3v) is 4.94. The predicted octanol–water partition coefficient (Wildman–Crippen LogP) is 1.37. The summed E-state index contributed by atoms with van der Waals surface area (Å²) in [6, 6.07) is 3.76. The van der Waals surface area contributed by atoms with Gasteiger partial charge in [0.05, 0.1) is 11.9 Å². The predicted molar refractivity (Wildman–Crippen MR) is 69.5 cm³/mol. The molecule has 1 saturated heterocycles. The zero-order valence-corrected chi connectivity index (χ0v) is 10.9. The molecular formula is C13H17NO3S. The zero-order chi connectivity index (χ0) is 12.6. The largest absolute Gasteiger partial charge is 0.469 e. The molecule has 3 rings (SSSR count). The van der Waals surface area contributed by atoms with Crippen molar-refractivity contribution < 1.29 is 14.3 Å². The maximum atomic E-state index is 11.9. The Labute approximate surface area is 110 Å². The highest BCUT2D eigenvalue weighted by molar-refractivity contribution is 7.99. The third kappa shape index (κ3) is 2.42. The van der Waals surface area contributed by atoms with Gasteiger partial charge < -0.3 is 14.8 Å². The first-order valence-electron chi connectivity index (χ1n) is 6.29. The van der Waals surface area contributed by atoms with Crippen LogP contribution in [0.3, 0.4) is 0 Å². The van der Waals surface area contributed by atoms with E-state index in [9.17, 15) is 9.90 Å². The van der Waals surface area contributed by atoms with Gasteiger partial charge in [-0.1, -0.05) is 0 Å². The van der Waals surface area contributed by atoms with Crippen molar-refractivity contribution in [1.82, 2.24) is 5.32 Å². The van der Waals surface area contributed by atoms with E-state index in [1.807, 2.05) is 12.1 Å². The van der Waals surface area contributed by atoms with Crippen LogP contribution in [0.4, 0.5) is 0 Å². The Kier molecular flexibility index (Phi) is 3.11. The van der Waals surface area contributed by atoms with Crippen LogP contribution in [0.15, 0.2) is 22.8 Å². The lowest BCUT2D eigenvalue weighted by Gasteiger charge is -2.21. The lowest BCUT2D eigenvalue weighted by Crippen LogP contribution is -2.43. The Balaban J connectivity index is 1.49. The second-order valence-electron chi connectivity index (χ2n) is 5.21. The van der Waals surface area contributed by atoms with Crippen LogP contribution >= 0.6 is 11.8 Å². The topological polar surface area (TPSA) is 62.5 Å². The first-order valence-corrected chi connectivity index (χ1v) is 7.45. The quantitative estimate of drug-likeness (QED) is 0.865. The number of rotatable bonds is 4. The second kappa shape index (κ2) is 4.63. The van der Waals surface area contributed by atoms with Gasteiger partial charge >= 0.3 is 0 Å². The van der Waals surface area contributed by atoms with Gasteiger partial charge in [-0.05, 0) is 30.7 Å². The summed E-state index contributed by atoms with van der Waals surface area (Å²) in [6.07, 6.45) is 3.26. The number of thioether (sulfide) groups is 1. The van der Waals surface area contributed by atoms with E-state index in [1.165, 1.54) is 0 Å². The van der Waals surface area contributed by atoms with Crippen LogP contribution in [0.5, 0.6) is 0 Å². The molecule has 4 nitrogen and oxygen atoms in total. The molecule has 1 amide bonds. The van der Waals surface area contributed by atoms with Gasteiger partial charge in [-0.2, -0.15) is 11.8 Å². The first-order chi connectivity index (χ1) is 8.68. The molecule has 0 aromatic carbocycles. The molecule has 1 aromatic heterocycles. The summed E-state index contributed by atoms with van der Waals surface area (Å²) in [5.74, 6) is 2.89. The summed E-state index contributed by atoms with van der Waals surface area (Å²) in [5.41, 5.74) is -0.699. The monoisotopic (exact) mass is 267 g/mol. The van der Waals surface area contributed by atoms with E-state index in [2.05, 4.69) is 5.32 Å². The summed E-state index contributed by atoms with van der Waals surface area (Å²) < 4.78 is 5.30. The molecule has 2 N–H and O–H groups in total. The van der Waals surface area contributed by atoms with Crippen molar-refractivity contribution in [2.45, 2.75) is 24.4 Å². The van der Waals surface area contributed by atoms with Crippen LogP contribution in [0.2, 0.25) is 0 Å². The van der Waals surface area contributed by atoms with Crippen molar-refractivity contribution in [3.63, 3.8) is 0 Å². The standard InChI is InChI=1S/C13H17NO3S/c15-12(14-7-13(16)3-5-18-8-13)10-6-9(10)11-2-1-4-17-11/h1-2,4,9-10,16H,3,5-8H2,(H,14,15)/t9-,10+,13+/m0/s1.